The maximum absolute atomic E-state index is 4.72. The number of aromatic nitrogens is 3. The molecule has 4 heteroatoms. The molecule has 0 saturated heterocycles. The zero-order valence-electron chi connectivity index (χ0n) is 18.4. The SMILES string of the molecule is CC.CC.CCn1ccc2c(-c3ccnc(Nc4cccc(C)c4)n3)cccc21. The lowest BCUT2D eigenvalue weighted by Gasteiger charge is -2.08. The molecule has 152 valence electrons. The zero-order chi connectivity index (χ0) is 21.2. The monoisotopic (exact) mass is 388 g/mol. The molecular weight excluding hydrogens is 356 g/mol. The third-order valence-corrected chi connectivity index (χ3v) is 4.36. The molecule has 2 heterocycles. The minimum absolute atomic E-state index is 0.607. The summed E-state index contributed by atoms with van der Waals surface area (Å²) >= 11 is 0. The van der Waals surface area contributed by atoms with Crippen molar-refractivity contribution in [3.63, 3.8) is 0 Å². The molecule has 0 atom stereocenters. The Balaban J connectivity index is 0.000000707. The Labute approximate surface area is 174 Å². The number of benzene rings is 2. The van der Waals surface area contributed by atoms with E-state index in [1.807, 2.05) is 45.9 Å². The first kappa shape index (κ1) is 22.2. The summed E-state index contributed by atoms with van der Waals surface area (Å²) in [6.45, 7) is 13.2. The van der Waals surface area contributed by atoms with Crippen molar-refractivity contribution in [1.29, 1.82) is 0 Å². The van der Waals surface area contributed by atoms with Gasteiger partial charge < -0.3 is 9.88 Å². The lowest BCUT2D eigenvalue weighted by Crippen LogP contribution is -1.98. The van der Waals surface area contributed by atoms with E-state index in [0.717, 1.165) is 23.5 Å². The molecule has 0 unspecified atom stereocenters. The van der Waals surface area contributed by atoms with Gasteiger partial charge in [0.2, 0.25) is 5.95 Å². The summed E-state index contributed by atoms with van der Waals surface area (Å²) in [7, 11) is 0. The number of fused-ring (bicyclic) bond motifs is 1. The molecular formula is C25H32N4. The Morgan fingerprint density at radius 3 is 2.41 bits per heavy atom. The second-order valence-corrected chi connectivity index (χ2v) is 6.10. The molecule has 0 saturated carbocycles. The fraction of sp³-hybridized carbons (Fsp3) is 0.280. The summed E-state index contributed by atoms with van der Waals surface area (Å²) in [6, 6.07) is 18.7. The number of nitrogens with zero attached hydrogens (tertiary/aromatic N) is 3. The van der Waals surface area contributed by atoms with E-state index in [1.165, 1.54) is 16.5 Å². The van der Waals surface area contributed by atoms with Gasteiger partial charge in [0.05, 0.1) is 5.69 Å². The average Bonchev–Trinajstić information content (AvgIpc) is 3.20. The van der Waals surface area contributed by atoms with Crippen molar-refractivity contribution in [2.45, 2.75) is 48.1 Å². The van der Waals surface area contributed by atoms with Crippen LogP contribution in [0, 0.1) is 6.92 Å². The number of aryl methyl sites for hydroxylation is 2. The third kappa shape index (κ3) is 5.23. The predicted molar refractivity (Wildman–Crippen MR) is 126 cm³/mol. The summed E-state index contributed by atoms with van der Waals surface area (Å²) < 4.78 is 2.24. The van der Waals surface area contributed by atoms with Crippen LogP contribution in [-0.2, 0) is 6.54 Å². The molecule has 4 aromatic rings. The fourth-order valence-corrected chi connectivity index (χ4v) is 3.14. The first-order chi connectivity index (χ1) is 14.2. The molecule has 0 spiro atoms. The van der Waals surface area contributed by atoms with Crippen LogP contribution >= 0.6 is 0 Å². The Hall–Kier alpha value is -3.14. The quantitative estimate of drug-likeness (QED) is 0.401. The van der Waals surface area contributed by atoms with Gasteiger partial charge in [-0.1, -0.05) is 52.0 Å². The number of rotatable bonds is 4. The normalized spacial score (nSPS) is 9.86. The molecule has 29 heavy (non-hydrogen) atoms. The van der Waals surface area contributed by atoms with Crippen LogP contribution in [0.2, 0.25) is 0 Å². The fourth-order valence-electron chi connectivity index (χ4n) is 3.14. The van der Waals surface area contributed by atoms with Crippen molar-refractivity contribution >= 4 is 22.5 Å². The predicted octanol–water partition coefficient (Wildman–Crippen LogP) is 7.22. The summed E-state index contributed by atoms with van der Waals surface area (Å²) in [5, 5.41) is 4.50. The smallest absolute Gasteiger partial charge is 0.227 e. The molecule has 1 N–H and O–H groups in total. The number of nitrogens with one attached hydrogen (secondary N) is 1. The minimum Gasteiger partial charge on any atom is -0.348 e. The summed E-state index contributed by atoms with van der Waals surface area (Å²) in [4.78, 5) is 9.09. The van der Waals surface area contributed by atoms with Gasteiger partial charge in [-0.2, -0.15) is 0 Å². The second-order valence-electron chi connectivity index (χ2n) is 6.10. The van der Waals surface area contributed by atoms with Crippen LogP contribution in [0.5, 0.6) is 0 Å². The highest BCUT2D eigenvalue weighted by Gasteiger charge is 2.09. The maximum Gasteiger partial charge on any atom is 0.227 e. The van der Waals surface area contributed by atoms with Gasteiger partial charge in [0.1, 0.15) is 0 Å². The third-order valence-electron chi connectivity index (χ3n) is 4.36. The lowest BCUT2D eigenvalue weighted by molar-refractivity contribution is 0.798. The Morgan fingerprint density at radius 1 is 0.931 bits per heavy atom. The summed E-state index contributed by atoms with van der Waals surface area (Å²) in [5.41, 5.74) is 5.47. The highest BCUT2D eigenvalue weighted by atomic mass is 15.1. The Morgan fingerprint density at radius 2 is 1.69 bits per heavy atom. The van der Waals surface area contributed by atoms with Gasteiger partial charge in [-0.3, -0.25) is 0 Å². The maximum atomic E-state index is 4.72. The van der Waals surface area contributed by atoms with E-state index in [0.29, 0.717) is 5.95 Å². The van der Waals surface area contributed by atoms with Crippen molar-refractivity contribution in [2.75, 3.05) is 5.32 Å². The van der Waals surface area contributed by atoms with Crippen LogP contribution in [0.1, 0.15) is 40.2 Å². The zero-order valence-corrected chi connectivity index (χ0v) is 18.4. The Bertz CT molecular complexity index is 1030. The van der Waals surface area contributed by atoms with Crippen LogP contribution in [0.15, 0.2) is 67.0 Å². The van der Waals surface area contributed by atoms with Crippen LogP contribution in [0.25, 0.3) is 22.2 Å². The van der Waals surface area contributed by atoms with Crippen LogP contribution < -0.4 is 5.32 Å². The molecule has 4 nitrogen and oxygen atoms in total. The minimum atomic E-state index is 0.607. The van der Waals surface area contributed by atoms with E-state index in [9.17, 15) is 0 Å². The molecule has 2 aromatic heterocycles. The van der Waals surface area contributed by atoms with Crippen molar-refractivity contribution in [3.8, 4) is 11.3 Å². The highest BCUT2D eigenvalue weighted by molar-refractivity contribution is 5.94. The first-order valence-corrected chi connectivity index (χ1v) is 10.5. The molecule has 0 aliphatic carbocycles. The van der Waals surface area contributed by atoms with E-state index in [-0.39, 0.29) is 0 Å². The van der Waals surface area contributed by atoms with Crippen LogP contribution in [0.4, 0.5) is 11.6 Å². The van der Waals surface area contributed by atoms with Crippen molar-refractivity contribution < 1.29 is 0 Å². The molecule has 4 rings (SSSR count). The van der Waals surface area contributed by atoms with Gasteiger partial charge in [-0.25, -0.2) is 9.97 Å². The van der Waals surface area contributed by atoms with Crippen molar-refractivity contribution in [1.82, 2.24) is 14.5 Å². The van der Waals surface area contributed by atoms with Gasteiger partial charge in [0, 0.05) is 41.1 Å². The number of hydrogen-bond acceptors (Lipinski definition) is 3. The molecule has 0 fully saturated rings. The van der Waals surface area contributed by atoms with Gasteiger partial charge in [0.15, 0.2) is 0 Å². The number of anilines is 2. The molecule has 0 aliphatic heterocycles. The Kier molecular flexibility index (Phi) is 8.41. The summed E-state index contributed by atoms with van der Waals surface area (Å²) in [5.74, 6) is 0.607. The lowest BCUT2D eigenvalue weighted by atomic mass is 10.1. The standard InChI is InChI=1S/C21H20N4.2C2H6/c1-3-25-13-11-18-17(8-5-9-20(18)25)19-10-12-22-21(24-19)23-16-7-4-6-15(2)14-16;2*1-2/h4-14H,3H2,1-2H3,(H,22,23,24);2*1-2H3. The van der Waals surface area contributed by atoms with E-state index in [2.05, 4.69) is 71.3 Å². The van der Waals surface area contributed by atoms with Gasteiger partial charge >= 0.3 is 0 Å². The van der Waals surface area contributed by atoms with Gasteiger partial charge in [-0.05, 0) is 49.7 Å². The van der Waals surface area contributed by atoms with Crippen molar-refractivity contribution in [2.24, 2.45) is 0 Å². The van der Waals surface area contributed by atoms with E-state index in [1.54, 1.807) is 6.20 Å². The van der Waals surface area contributed by atoms with Crippen molar-refractivity contribution in [3.05, 3.63) is 72.6 Å². The summed E-state index contributed by atoms with van der Waals surface area (Å²) in [6.07, 6.45) is 3.93. The van der Waals surface area contributed by atoms with E-state index in [4.69, 9.17) is 4.98 Å². The molecule has 0 aliphatic rings. The van der Waals surface area contributed by atoms with Gasteiger partial charge in [0.25, 0.3) is 0 Å². The van der Waals surface area contributed by atoms with E-state index < -0.39 is 0 Å². The number of hydrogen-bond donors (Lipinski definition) is 1. The molecule has 0 amide bonds. The van der Waals surface area contributed by atoms with E-state index >= 15 is 0 Å². The van der Waals surface area contributed by atoms with Crippen LogP contribution in [-0.4, -0.2) is 14.5 Å². The first-order valence-electron chi connectivity index (χ1n) is 10.5. The van der Waals surface area contributed by atoms with Crippen LogP contribution in [0.3, 0.4) is 0 Å². The largest absolute Gasteiger partial charge is 0.348 e. The molecule has 2 aromatic carbocycles. The molecule has 0 bridgehead atoms. The highest BCUT2D eigenvalue weighted by Crippen LogP contribution is 2.29. The average molecular weight is 389 g/mol. The topological polar surface area (TPSA) is 42.7 Å². The molecule has 0 radical (unpaired) electrons. The van der Waals surface area contributed by atoms with Gasteiger partial charge in [-0.15, -0.1) is 0 Å². The second kappa shape index (κ2) is 11.0.